The van der Waals surface area contributed by atoms with Crippen LogP contribution in [-0.2, 0) is 21.2 Å². The van der Waals surface area contributed by atoms with Crippen LogP contribution in [0.5, 0.6) is 0 Å². The molecule has 1 aliphatic heterocycles. The Morgan fingerprint density at radius 2 is 1.89 bits per heavy atom. The van der Waals surface area contributed by atoms with Gasteiger partial charge < -0.3 is 4.74 Å². The molecule has 9 heteroatoms. The number of nitrogens with zero attached hydrogens (tertiary/aromatic N) is 1. The van der Waals surface area contributed by atoms with Crippen molar-refractivity contribution in [3.8, 4) is 0 Å². The summed E-state index contributed by atoms with van der Waals surface area (Å²) in [4.78, 5) is 23.3. The SMILES string of the molecule is O=C(OCc1ccc([N+](=O)[O-])cc1)c1ccccc1S[C@H]1CCS(=O)(=O)C1. The largest absolute Gasteiger partial charge is 0.457 e. The zero-order chi connectivity index (χ0) is 19.4. The Bertz CT molecular complexity index is 956. The van der Waals surface area contributed by atoms with Crippen molar-refractivity contribution in [2.45, 2.75) is 23.2 Å². The minimum atomic E-state index is -2.99. The van der Waals surface area contributed by atoms with Crippen molar-refractivity contribution in [2.75, 3.05) is 11.5 Å². The number of ether oxygens (including phenoxy) is 1. The zero-order valence-corrected chi connectivity index (χ0v) is 15.9. The highest BCUT2D eigenvalue weighted by molar-refractivity contribution is 8.02. The van der Waals surface area contributed by atoms with Gasteiger partial charge in [0, 0.05) is 22.3 Å². The topological polar surface area (TPSA) is 104 Å². The van der Waals surface area contributed by atoms with E-state index in [2.05, 4.69) is 0 Å². The molecule has 0 unspecified atom stereocenters. The van der Waals surface area contributed by atoms with E-state index in [1.54, 1.807) is 24.3 Å². The quantitative estimate of drug-likeness (QED) is 0.411. The van der Waals surface area contributed by atoms with Crippen LogP contribution in [0.1, 0.15) is 22.3 Å². The molecule has 0 aliphatic carbocycles. The van der Waals surface area contributed by atoms with Gasteiger partial charge in [0.1, 0.15) is 6.61 Å². The second-order valence-electron chi connectivity index (χ2n) is 6.14. The van der Waals surface area contributed by atoms with Crippen LogP contribution < -0.4 is 0 Å². The second-order valence-corrected chi connectivity index (χ2v) is 9.71. The van der Waals surface area contributed by atoms with Crippen molar-refractivity contribution in [3.05, 3.63) is 69.8 Å². The number of thioether (sulfide) groups is 1. The smallest absolute Gasteiger partial charge is 0.339 e. The van der Waals surface area contributed by atoms with Gasteiger partial charge in [0.05, 0.1) is 22.0 Å². The third-order valence-corrected chi connectivity index (χ3v) is 7.43. The molecule has 0 saturated carbocycles. The summed E-state index contributed by atoms with van der Waals surface area (Å²) >= 11 is 1.38. The van der Waals surface area contributed by atoms with Gasteiger partial charge in [-0.15, -0.1) is 11.8 Å². The van der Waals surface area contributed by atoms with E-state index in [4.69, 9.17) is 4.74 Å². The lowest BCUT2D eigenvalue weighted by Crippen LogP contribution is -2.10. The van der Waals surface area contributed by atoms with Gasteiger partial charge in [0.2, 0.25) is 0 Å². The minimum Gasteiger partial charge on any atom is -0.457 e. The molecule has 142 valence electrons. The van der Waals surface area contributed by atoms with Crippen molar-refractivity contribution in [1.82, 2.24) is 0 Å². The van der Waals surface area contributed by atoms with Crippen molar-refractivity contribution in [2.24, 2.45) is 0 Å². The van der Waals surface area contributed by atoms with Crippen molar-refractivity contribution < 1.29 is 22.9 Å². The van der Waals surface area contributed by atoms with Crippen LogP contribution in [0.3, 0.4) is 0 Å². The molecule has 2 aromatic carbocycles. The van der Waals surface area contributed by atoms with Crippen LogP contribution in [0.4, 0.5) is 5.69 Å². The number of non-ortho nitro benzene ring substituents is 1. The number of carbonyl (C=O) groups is 1. The summed E-state index contributed by atoms with van der Waals surface area (Å²) in [6, 6.07) is 12.7. The molecule has 0 amide bonds. The number of nitro benzene ring substituents is 1. The number of benzene rings is 2. The maximum Gasteiger partial charge on any atom is 0.339 e. The van der Waals surface area contributed by atoms with Crippen molar-refractivity contribution in [1.29, 1.82) is 0 Å². The molecule has 27 heavy (non-hydrogen) atoms. The summed E-state index contributed by atoms with van der Waals surface area (Å²) in [7, 11) is -2.99. The average Bonchev–Trinajstić information content (AvgIpc) is 2.99. The van der Waals surface area contributed by atoms with Gasteiger partial charge in [0.15, 0.2) is 9.84 Å². The summed E-state index contributed by atoms with van der Waals surface area (Å²) in [6.45, 7) is -0.00631. The third-order valence-electron chi connectivity index (χ3n) is 4.11. The Morgan fingerprint density at radius 1 is 1.19 bits per heavy atom. The molecule has 0 spiro atoms. The third kappa shape index (κ3) is 5.08. The van der Waals surface area contributed by atoms with Crippen LogP contribution >= 0.6 is 11.8 Å². The Hall–Kier alpha value is -2.39. The van der Waals surface area contributed by atoms with E-state index >= 15 is 0 Å². The summed E-state index contributed by atoms with van der Waals surface area (Å²) < 4.78 is 28.6. The molecule has 1 fully saturated rings. The molecular weight excluding hydrogens is 390 g/mol. The lowest BCUT2D eigenvalue weighted by atomic mass is 10.2. The van der Waals surface area contributed by atoms with Crippen molar-refractivity contribution >= 4 is 33.3 Å². The first-order valence-corrected chi connectivity index (χ1v) is 10.9. The fourth-order valence-corrected chi connectivity index (χ4v) is 6.33. The number of hydrogen-bond acceptors (Lipinski definition) is 7. The van der Waals surface area contributed by atoms with Gasteiger partial charge in [-0.1, -0.05) is 12.1 Å². The molecule has 1 atom stereocenters. The van der Waals surface area contributed by atoms with E-state index in [1.807, 2.05) is 0 Å². The van der Waals surface area contributed by atoms with E-state index in [0.29, 0.717) is 22.4 Å². The first kappa shape index (κ1) is 19.4. The van der Waals surface area contributed by atoms with E-state index in [0.717, 1.165) is 0 Å². The molecule has 1 heterocycles. The lowest BCUT2D eigenvalue weighted by Gasteiger charge is -2.12. The van der Waals surface area contributed by atoms with E-state index < -0.39 is 20.7 Å². The zero-order valence-electron chi connectivity index (χ0n) is 14.2. The highest BCUT2D eigenvalue weighted by Crippen LogP contribution is 2.33. The molecule has 3 rings (SSSR count). The Kier molecular flexibility index (Phi) is 5.81. The molecule has 0 bridgehead atoms. The second kappa shape index (κ2) is 8.10. The maximum atomic E-state index is 12.5. The number of esters is 1. The van der Waals surface area contributed by atoms with Crippen LogP contribution in [0.25, 0.3) is 0 Å². The highest BCUT2D eigenvalue weighted by atomic mass is 32.2. The predicted octanol–water partition coefficient (Wildman–Crippen LogP) is 3.23. The fourth-order valence-electron chi connectivity index (χ4n) is 2.71. The number of nitro groups is 1. The minimum absolute atomic E-state index is 0.00631. The highest BCUT2D eigenvalue weighted by Gasteiger charge is 2.29. The van der Waals surface area contributed by atoms with E-state index in [1.165, 1.54) is 36.0 Å². The number of hydrogen-bond donors (Lipinski definition) is 0. The van der Waals surface area contributed by atoms with Crippen LogP contribution in [-0.4, -0.2) is 36.1 Å². The lowest BCUT2D eigenvalue weighted by molar-refractivity contribution is -0.384. The van der Waals surface area contributed by atoms with Gasteiger partial charge in [-0.05, 0) is 36.2 Å². The average molecular weight is 407 g/mol. The molecule has 0 aromatic heterocycles. The normalized spacial score (nSPS) is 18.1. The Balaban J connectivity index is 1.65. The van der Waals surface area contributed by atoms with E-state index in [9.17, 15) is 23.3 Å². The summed E-state index contributed by atoms with van der Waals surface area (Å²) in [5.74, 6) is -0.223. The van der Waals surface area contributed by atoms with Crippen molar-refractivity contribution in [3.63, 3.8) is 0 Å². The van der Waals surface area contributed by atoms with Crippen LogP contribution in [0, 0.1) is 10.1 Å². The van der Waals surface area contributed by atoms with Gasteiger partial charge in [-0.25, -0.2) is 13.2 Å². The number of sulfone groups is 1. The van der Waals surface area contributed by atoms with Crippen LogP contribution in [0.15, 0.2) is 53.4 Å². The first-order valence-electron chi connectivity index (χ1n) is 8.20. The monoisotopic (exact) mass is 407 g/mol. The summed E-state index contributed by atoms with van der Waals surface area (Å²) in [5.41, 5.74) is 0.994. The summed E-state index contributed by atoms with van der Waals surface area (Å²) in [5, 5.41) is 10.6. The number of rotatable bonds is 6. The summed E-state index contributed by atoms with van der Waals surface area (Å²) in [6.07, 6.45) is 0.569. The maximum absolute atomic E-state index is 12.5. The molecule has 0 N–H and O–H groups in total. The molecule has 7 nitrogen and oxygen atoms in total. The van der Waals surface area contributed by atoms with Gasteiger partial charge in [-0.3, -0.25) is 10.1 Å². The predicted molar refractivity (Wildman–Crippen MR) is 102 cm³/mol. The van der Waals surface area contributed by atoms with Gasteiger partial charge >= 0.3 is 5.97 Å². The Labute approximate surface area is 160 Å². The molecule has 1 aliphatic rings. The van der Waals surface area contributed by atoms with Gasteiger partial charge in [0.25, 0.3) is 5.69 Å². The standard InChI is InChI=1S/C18H17NO6S2/c20-18(25-11-13-5-7-14(8-6-13)19(21)22)16-3-1-2-4-17(16)26-15-9-10-27(23,24)12-15/h1-8,15H,9-12H2/t15-/m0/s1. The van der Waals surface area contributed by atoms with Crippen LogP contribution in [0.2, 0.25) is 0 Å². The number of carbonyl (C=O) groups excluding carboxylic acids is 1. The fraction of sp³-hybridized carbons (Fsp3) is 0.278. The molecule has 0 radical (unpaired) electrons. The molecule has 1 saturated heterocycles. The first-order chi connectivity index (χ1) is 12.8. The molecular formula is C18H17NO6S2. The molecule has 2 aromatic rings. The Morgan fingerprint density at radius 3 is 2.52 bits per heavy atom. The van der Waals surface area contributed by atoms with E-state index in [-0.39, 0.29) is 29.0 Å². The van der Waals surface area contributed by atoms with Gasteiger partial charge in [-0.2, -0.15) is 0 Å².